The lowest BCUT2D eigenvalue weighted by Crippen LogP contribution is -2.25. The van der Waals surface area contributed by atoms with Gasteiger partial charge in [0.2, 0.25) is 0 Å². The van der Waals surface area contributed by atoms with E-state index in [1.807, 2.05) is 6.92 Å². The molecule has 0 aliphatic heterocycles. The fourth-order valence-corrected chi connectivity index (χ4v) is 2.50. The van der Waals surface area contributed by atoms with Gasteiger partial charge in [0, 0.05) is 12.5 Å². The summed E-state index contributed by atoms with van der Waals surface area (Å²) in [5.41, 5.74) is 0.863. The van der Waals surface area contributed by atoms with Gasteiger partial charge in [0.1, 0.15) is 4.88 Å². The summed E-state index contributed by atoms with van der Waals surface area (Å²) >= 11 is 1.52. The molecule has 2 rings (SSSR count). The van der Waals surface area contributed by atoms with Gasteiger partial charge in [-0.3, -0.25) is 4.79 Å². The average Bonchev–Trinajstić information content (AvgIpc) is 2.97. The van der Waals surface area contributed by atoms with Crippen LogP contribution in [-0.4, -0.2) is 17.4 Å². The van der Waals surface area contributed by atoms with E-state index in [0.717, 1.165) is 28.0 Å². The Labute approximate surface area is 100 Å². The quantitative estimate of drug-likeness (QED) is 0.876. The zero-order valence-corrected chi connectivity index (χ0v) is 10.9. The largest absolute Gasteiger partial charge is 0.351 e. The van der Waals surface area contributed by atoms with E-state index in [-0.39, 0.29) is 5.91 Å². The molecule has 0 aromatic carbocycles. The zero-order chi connectivity index (χ0) is 11.7. The summed E-state index contributed by atoms with van der Waals surface area (Å²) in [6.45, 7) is 6.94. The van der Waals surface area contributed by atoms with Crippen molar-refractivity contribution in [2.24, 2.45) is 5.92 Å². The number of thiazole rings is 1. The molecule has 88 valence electrons. The molecule has 1 N–H and O–H groups in total. The molecule has 1 amide bonds. The Hall–Kier alpha value is -0.900. The van der Waals surface area contributed by atoms with Crippen LogP contribution in [0.15, 0.2) is 0 Å². The summed E-state index contributed by atoms with van der Waals surface area (Å²) in [5.74, 6) is 1.17. The van der Waals surface area contributed by atoms with Crippen molar-refractivity contribution in [2.45, 2.75) is 39.5 Å². The molecule has 1 aromatic heterocycles. The van der Waals surface area contributed by atoms with Crippen molar-refractivity contribution in [1.82, 2.24) is 10.3 Å². The third-order valence-electron chi connectivity index (χ3n) is 2.76. The van der Waals surface area contributed by atoms with E-state index in [1.165, 1.54) is 24.2 Å². The first-order valence-electron chi connectivity index (χ1n) is 5.83. The van der Waals surface area contributed by atoms with Gasteiger partial charge in [0.15, 0.2) is 0 Å². The van der Waals surface area contributed by atoms with Crippen LogP contribution in [-0.2, 0) is 0 Å². The summed E-state index contributed by atoms with van der Waals surface area (Å²) in [6.07, 6.45) is 2.53. The number of aryl methyl sites for hydroxylation is 1. The van der Waals surface area contributed by atoms with Crippen molar-refractivity contribution in [3.63, 3.8) is 0 Å². The van der Waals surface area contributed by atoms with Crippen molar-refractivity contribution in [2.75, 3.05) is 6.54 Å². The number of aromatic nitrogens is 1. The van der Waals surface area contributed by atoms with E-state index in [4.69, 9.17) is 0 Å². The van der Waals surface area contributed by atoms with Crippen molar-refractivity contribution in [3.8, 4) is 0 Å². The highest BCUT2D eigenvalue weighted by atomic mass is 32.1. The van der Waals surface area contributed by atoms with Crippen LogP contribution in [0.25, 0.3) is 0 Å². The SMILES string of the molecule is Cc1nc(C(C)C)sc1C(=O)NCC1CC1. The Morgan fingerprint density at radius 1 is 1.56 bits per heavy atom. The number of amides is 1. The van der Waals surface area contributed by atoms with Crippen LogP contribution >= 0.6 is 11.3 Å². The van der Waals surface area contributed by atoms with Gasteiger partial charge in [-0.15, -0.1) is 11.3 Å². The minimum Gasteiger partial charge on any atom is -0.351 e. The molecule has 4 heteroatoms. The fraction of sp³-hybridized carbons (Fsp3) is 0.667. The molecule has 1 fully saturated rings. The van der Waals surface area contributed by atoms with Crippen LogP contribution < -0.4 is 5.32 Å². The van der Waals surface area contributed by atoms with E-state index >= 15 is 0 Å². The standard InChI is InChI=1S/C12H18N2OS/c1-7(2)12-14-8(3)10(16-12)11(15)13-6-9-4-5-9/h7,9H,4-6H2,1-3H3,(H,13,15). The molecule has 0 spiro atoms. The first-order chi connectivity index (χ1) is 7.58. The van der Waals surface area contributed by atoms with E-state index in [2.05, 4.69) is 24.1 Å². The first-order valence-corrected chi connectivity index (χ1v) is 6.65. The van der Waals surface area contributed by atoms with Crippen LogP contribution in [0, 0.1) is 12.8 Å². The summed E-state index contributed by atoms with van der Waals surface area (Å²) in [6, 6.07) is 0. The van der Waals surface area contributed by atoms with Gasteiger partial charge in [-0.05, 0) is 25.7 Å². The molecule has 0 bridgehead atoms. The highest BCUT2D eigenvalue weighted by Gasteiger charge is 2.23. The summed E-state index contributed by atoms with van der Waals surface area (Å²) in [5, 5.41) is 4.04. The molecule has 0 saturated heterocycles. The van der Waals surface area contributed by atoms with Crippen LogP contribution in [0.5, 0.6) is 0 Å². The molecule has 3 nitrogen and oxygen atoms in total. The van der Waals surface area contributed by atoms with Gasteiger partial charge in [-0.25, -0.2) is 4.98 Å². The monoisotopic (exact) mass is 238 g/mol. The van der Waals surface area contributed by atoms with Crippen LogP contribution in [0.4, 0.5) is 0 Å². The highest BCUT2D eigenvalue weighted by molar-refractivity contribution is 7.13. The third-order valence-corrected chi connectivity index (χ3v) is 4.22. The van der Waals surface area contributed by atoms with Crippen LogP contribution in [0.2, 0.25) is 0 Å². The summed E-state index contributed by atoms with van der Waals surface area (Å²) in [7, 11) is 0. The number of nitrogens with one attached hydrogen (secondary N) is 1. The van der Waals surface area contributed by atoms with Gasteiger partial charge in [0.05, 0.1) is 10.7 Å². The van der Waals surface area contributed by atoms with E-state index < -0.39 is 0 Å². The fourth-order valence-electron chi connectivity index (χ4n) is 1.51. The number of rotatable bonds is 4. The second kappa shape index (κ2) is 4.53. The van der Waals surface area contributed by atoms with Gasteiger partial charge >= 0.3 is 0 Å². The molecule has 1 aromatic rings. The molecule has 1 aliphatic carbocycles. The molecule has 16 heavy (non-hydrogen) atoms. The minimum atomic E-state index is 0.0498. The number of hydrogen-bond donors (Lipinski definition) is 1. The lowest BCUT2D eigenvalue weighted by Gasteiger charge is -2.01. The van der Waals surface area contributed by atoms with Gasteiger partial charge in [-0.2, -0.15) is 0 Å². The molecular formula is C12H18N2OS. The predicted molar refractivity (Wildman–Crippen MR) is 66.0 cm³/mol. The minimum absolute atomic E-state index is 0.0498. The maximum Gasteiger partial charge on any atom is 0.263 e. The molecule has 0 radical (unpaired) electrons. The Kier molecular flexibility index (Phi) is 3.28. The van der Waals surface area contributed by atoms with E-state index in [9.17, 15) is 4.79 Å². The Balaban J connectivity index is 2.03. The van der Waals surface area contributed by atoms with Gasteiger partial charge in [0.25, 0.3) is 5.91 Å². The maximum absolute atomic E-state index is 11.9. The van der Waals surface area contributed by atoms with Crippen molar-refractivity contribution in [1.29, 1.82) is 0 Å². The molecule has 0 unspecified atom stereocenters. The topological polar surface area (TPSA) is 42.0 Å². The maximum atomic E-state index is 11.9. The molecule has 1 heterocycles. The lowest BCUT2D eigenvalue weighted by molar-refractivity contribution is 0.0955. The molecule has 1 aliphatic rings. The Bertz CT molecular complexity index is 394. The number of nitrogens with zero attached hydrogens (tertiary/aromatic N) is 1. The zero-order valence-electron chi connectivity index (χ0n) is 10.0. The van der Waals surface area contributed by atoms with Crippen molar-refractivity contribution < 1.29 is 4.79 Å². The average molecular weight is 238 g/mol. The second-order valence-electron chi connectivity index (χ2n) is 4.77. The van der Waals surface area contributed by atoms with Crippen molar-refractivity contribution in [3.05, 3.63) is 15.6 Å². The first kappa shape index (κ1) is 11.6. The Morgan fingerprint density at radius 3 is 2.75 bits per heavy atom. The number of carbonyl (C=O) groups excluding carboxylic acids is 1. The molecule has 1 saturated carbocycles. The smallest absolute Gasteiger partial charge is 0.263 e. The number of hydrogen-bond acceptors (Lipinski definition) is 3. The third kappa shape index (κ3) is 2.61. The normalized spacial score (nSPS) is 15.5. The summed E-state index contributed by atoms with van der Waals surface area (Å²) < 4.78 is 0. The predicted octanol–water partition coefficient (Wildman–Crippen LogP) is 2.71. The van der Waals surface area contributed by atoms with Crippen LogP contribution in [0.1, 0.15) is 53.0 Å². The highest BCUT2D eigenvalue weighted by Crippen LogP contribution is 2.28. The van der Waals surface area contributed by atoms with E-state index in [0.29, 0.717) is 5.92 Å². The van der Waals surface area contributed by atoms with Crippen LogP contribution in [0.3, 0.4) is 0 Å². The molecular weight excluding hydrogens is 220 g/mol. The van der Waals surface area contributed by atoms with Gasteiger partial charge in [-0.1, -0.05) is 13.8 Å². The van der Waals surface area contributed by atoms with Gasteiger partial charge < -0.3 is 5.32 Å². The summed E-state index contributed by atoms with van der Waals surface area (Å²) in [4.78, 5) is 17.1. The second-order valence-corrected chi connectivity index (χ2v) is 5.81. The Morgan fingerprint density at radius 2 is 2.25 bits per heavy atom. The van der Waals surface area contributed by atoms with Crippen molar-refractivity contribution >= 4 is 17.2 Å². The lowest BCUT2D eigenvalue weighted by atomic mass is 10.2. The number of carbonyl (C=O) groups is 1. The van der Waals surface area contributed by atoms with E-state index in [1.54, 1.807) is 0 Å². The molecule has 0 atom stereocenters.